The van der Waals surface area contributed by atoms with Gasteiger partial charge in [-0.15, -0.1) is 0 Å². The highest BCUT2D eigenvalue weighted by Crippen LogP contribution is 2.32. The van der Waals surface area contributed by atoms with Crippen LogP contribution in [-0.4, -0.2) is 53.3 Å². The average molecular weight is 548 g/mol. The van der Waals surface area contributed by atoms with Crippen LogP contribution in [0.3, 0.4) is 0 Å². The lowest BCUT2D eigenvalue weighted by Gasteiger charge is -2.39. The number of piperazine rings is 1. The van der Waals surface area contributed by atoms with Gasteiger partial charge in [-0.2, -0.15) is 10.1 Å². The Balaban J connectivity index is 1.48. The summed E-state index contributed by atoms with van der Waals surface area (Å²) in [6.45, 7) is 10.2. The predicted molar refractivity (Wildman–Crippen MR) is 152 cm³/mol. The summed E-state index contributed by atoms with van der Waals surface area (Å²) in [5, 5.41) is 7.46. The molecule has 0 bridgehead atoms. The molecule has 4 aromatic rings. The zero-order valence-electron chi connectivity index (χ0n) is 22.7. The SMILES string of the molecule is Cc1cccc(C)c1-c1cc(Oc2ccc(N3CC(C)NCC3C)cc2)nc(NS(=O)(=O)c2cnn(C)c2)n1. The molecule has 1 saturated heterocycles. The lowest BCUT2D eigenvalue weighted by Crippen LogP contribution is -2.54. The standard InChI is InChI=1S/C28H33N7O3S/c1-18-7-6-8-19(2)27(18)25-13-26(32-28(31-25)33-39(36,37)24-15-30-34(5)17-24)38-23-11-9-22(10-12-23)35-16-20(3)29-14-21(35)4/h6-13,15,17,20-21,29H,14,16H2,1-5H3,(H,31,32,33). The van der Waals surface area contributed by atoms with Crippen molar-refractivity contribution < 1.29 is 13.2 Å². The molecule has 0 spiro atoms. The zero-order chi connectivity index (χ0) is 27.7. The molecule has 10 nitrogen and oxygen atoms in total. The van der Waals surface area contributed by atoms with E-state index in [1.807, 2.05) is 56.3 Å². The summed E-state index contributed by atoms with van der Waals surface area (Å²) >= 11 is 0. The van der Waals surface area contributed by atoms with Crippen LogP contribution in [0.15, 0.2) is 65.8 Å². The highest BCUT2D eigenvalue weighted by molar-refractivity contribution is 7.92. The van der Waals surface area contributed by atoms with Crippen molar-refractivity contribution in [3.63, 3.8) is 0 Å². The smallest absolute Gasteiger partial charge is 0.267 e. The Hall–Kier alpha value is -3.96. The van der Waals surface area contributed by atoms with Gasteiger partial charge in [-0.1, -0.05) is 18.2 Å². The lowest BCUT2D eigenvalue weighted by atomic mass is 10.00. The topological polar surface area (TPSA) is 114 Å². The van der Waals surface area contributed by atoms with Gasteiger partial charge >= 0.3 is 0 Å². The van der Waals surface area contributed by atoms with Crippen LogP contribution >= 0.6 is 0 Å². The number of aryl methyl sites for hydroxylation is 3. The maximum Gasteiger partial charge on any atom is 0.267 e. The van der Waals surface area contributed by atoms with Crippen LogP contribution in [0.5, 0.6) is 11.6 Å². The van der Waals surface area contributed by atoms with Gasteiger partial charge in [0.2, 0.25) is 11.8 Å². The molecule has 2 aromatic heterocycles. The number of hydrogen-bond acceptors (Lipinski definition) is 8. The number of ether oxygens (including phenoxy) is 1. The molecule has 0 saturated carbocycles. The molecule has 2 unspecified atom stereocenters. The Kier molecular flexibility index (Phi) is 7.28. The van der Waals surface area contributed by atoms with Crippen LogP contribution in [-0.2, 0) is 17.1 Å². The molecule has 2 aromatic carbocycles. The molecule has 2 N–H and O–H groups in total. The Labute approximate surface area is 229 Å². The normalized spacial score (nSPS) is 17.7. The lowest BCUT2D eigenvalue weighted by molar-refractivity contribution is 0.424. The van der Waals surface area contributed by atoms with Crippen LogP contribution < -0.4 is 19.7 Å². The van der Waals surface area contributed by atoms with Gasteiger partial charge in [-0.05, 0) is 63.1 Å². The van der Waals surface area contributed by atoms with E-state index in [-0.39, 0.29) is 16.7 Å². The fourth-order valence-corrected chi connectivity index (χ4v) is 5.72. The van der Waals surface area contributed by atoms with Gasteiger partial charge in [0.15, 0.2) is 0 Å². The second-order valence-electron chi connectivity index (χ2n) is 10.0. The summed E-state index contributed by atoms with van der Waals surface area (Å²) < 4.78 is 36.1. The van der Waals surface area contributed by atoms with E-state index in [0.29, 0.717) is 23.5 Å². The Morgan fingerprint density at radius 1 is 1.05 bits per heavy atom. The van der Waals surface area contributed by atoms with Gasteiger partial charge in [0.1, 0.15) is 10.6 Å². The minimum Gasteiger partial charge on any atom is -0.439 e. The Morgan fingerprint density at radius 2 is 1.77 bits per heavy atom. The molecule has 39 heavy (non-hydrogen) atoms. The number of nitrogens with zero attached hydrogens (tertiary/aromatic N) is 5. The van der Waals surface area contributed by atoms with Crippen molar-refractivity contribution in [2.24, 2.45) is 7.05 Å². The fraction of sp³-hybridized carbons (Fsp3) is 0.321. The monoisotopic (exact) mass is 547 g/mol. The second kappa shape index (κ2) is 10.7. The molecule has 11 heteroatoms. The first-order valence-corrected chi connectivity index (χ1v) is 14.3. The third kappa shape index (κ3) is 5.89. The van der Waals surface area contributed by atoms with Crippen LogP contribution in [0.1, 0.15) is 25.0 Å². The summed E-state index contributed by atoms with van der Waals surface area (Å²) in [6, 6.07) is 16.3. The van der Waals surface area contributed by atoms with Crippen LogP contribution in [0, 0.1) is 13.8 Å². The molecule has 5 rings (SSSR count). The fourth-order valence-electron chi connectivity index (χ4n) is 4.79. The number of rotatable bonds is 7. The van der Waals surface area contributed by atoms with Gasteiger partial charge < -0.3 is 15.0 Å². The molecule has 2 atom stereocenters. The second-order valence-corrected chi connectivity index (χ2v) is 11.7. The minimum absolute atomic E-state index is 0.0144. The highest BCUT2D eigenvalue weighted by Gasteiger charge is 2.23. The van der Waals surface area contributed by atoms with Gasteiger partial charge in [-0.3, -0.25) is 4.68 Å². The quantitative estimate of drug-likeness (QED) is 0.353. The van der Waals surface area contributed by atoms with Crippen molar-refractivity contribution in [2.45, 2.75) is 44.7 Å². The number of anilines is 2. The summed E-state index contributed by atoms with van der Waals surface area (Å²) in [6.07, 6.45) is 2.69. The summed E-state index contributed by atoms with van der Waals surface area (Å²) in [7, 11) is -2.30. The number of sulfonamides is 1. The molecule has 1 fully saturated rings. The number of nitrogens with one attached hydrogen (secondary N) is 2. The van der Waals surface area contributed by atoms with Crippen molar-refractivity contribution in [3.8, 4) is 22.9 Å². The van der Waals surface area contributed by atoms with Crippen molar-refractivity contribution in [1.29, 1.82) is 0 Å². The minimum atomic E-state index is -3.95. The van der Waals surface area contributed by atoms with Crippen LogP contribution in [0.25, 0.3) is 11.3 Å². The van der Waals surface area contributed by atoms with E-state index in [4.69, 9.17) is 4.74 Å². The largest absolute Gasteiger partial charge is 0.439 e. The average Bonchev–Trinajstić information content (AvgIpc) is 3.33. The molecule has 204 valence electrons. The van der Waals surface area contributed by atoms with Crippen LogP contribution in [0.2, 0.25) is 0 Å². The molecule has 3 heterocycles. The van der Waals surface area contributed by atoms with Crippen molar-refractivity contribution >= 4 is 21.7 Å². The van der Waals surface area contributed by atoms with E-state index in [1.165, 1.54) is 17.1 Å². The molecule has 0 aliphatic carbocycles. The van der Waals surface area contributed by atoms with Gasteiger partial charge in [0.05, 0.1) is 11.9 Å². The Morgan fingerprint density at radius 3 is 2.44 bits per heavy atom. The summed E-state index contributed by atoms with van der Waals surface area (Å²) in [5.41, 5.74) is 4.57. The first kappa shape index (κ1) is 26.6. The first-order chi connectivity index (χ1) is 18.6. The van der Waals surface area contributed by atoms with E-state index in [9.17, 15) is 8.42 Å². The first-order valence-electron chi connectivity index (χ1n) is 12.8. The summed E-state index contributed by atoms with van der Waals surface area (Å²) in [5.74, 6) is 0.722. The summed E-state index contributed by atoms with van der Waals surface area (Å²) in [4.78, 5) is 11.3. The molecule has 0 radical (unpaired) electrons. The van der Waals surface area contributed by atoms with E-state index < -0.39 is 10.0 Å². The van der Waals surface area contributed by atoms with Crippen LogP contribution in [0.4, 0.5) is 11.6 Å². The predicted octanol–water partition coefficient (Wildman–Crippen LogP) is 4.27. The molecular weight excluding hydrogens is 514 g/mol. The van der Waals surface area contributed by atoms with Gasteiger partial charge in [0.25, 0.3) is 10.0 Å². The van der Waals surface area contributed by atoms with Gasteiger partial charge in [-0.25, -0.2) is 18.1 Å². The Bertz CT molecular complexity index is 1560. The maximum atomic E-state index is 13.0. The van der Waals surface area contributed by atoms with E-state index in [0.717, 1.165) is 35.5 Å². The van der Waals surface area contributed by atoms with Crippen molar-refractivity contribution in [1.82, 2.24) is 25.1 Å². The molecule has 1 aliphatic rings. The van der Waals surface area contributed by atoms with E-state index in [2.05, 4.69) is 43.9 Å². The number of aromatic nitrogens is 4. The van der Waals surface area contributed by atoms with Crippen molar-refractivity contribution in [2.75, 3.05) is 22.7 Å². The molecule has 0 amide bonds. The highest BCUT2D eigenvalue weighted by atomic mass is 32.2. The number of benzene rings is 2. The third-order valence-corrected chi connectivity index (χ3v) is 8.09. The van der Waals surface area contributed by atoms with Crippen molar-refractivity contribution in [3.05, 3.63) is 72.1 Å². The van der Waals surface area contributed by atoms with Gasteiger partial charge in [0, 0.05) is 55.7 Å². The van der Waals surface area contributed by atoms with E-state index >= 15 is 0 Å². The number of hydrogen-bond donors (Lipinski definition) is 2. The zero-order valence-corrected chi connectivity index (χ0v) is 23.5. The third-order valence-electron chi connectivity index (χ3n) is 6.81. The molecule has 1 aliphatic heterocycles. The van der Waals surface area contributed by atoms with E-state index in [1.54, 1.807) is 13.1 Å². The maximum absolute atomic E-state index is 13.0. The molecular formula is C28H33N7O3S.